The number of piperidine rings is 1. The largest absolute Gasteiger partial charge is 0.387 e. The first kappa shape index (κ1) is 15.2. The highest BCUT2D eigenvalue weighted by atomic mass is 35.5. The molecule has 22 heavy (non-hydrogen) atoms. The van der Waals surface area contributed by atoms with Gasteiger partial charge in [0.05, 0.1) is 28.7 Å². The number of aromatic nitrogens is 3. The second-order valence-corrected chi connectivity index (χ2v) is 6.01. The van der Waals surface area contributed by atoms with Crippen LogP contribution >= 0.6 is 11.6 Å². The monoisotopic (exact) mass is 324 g/mol. The summed E-state index contributed by atoms with van der Waals surface area (Å²) in [4.78, 5) is 5.67. The zero-order chi connectivity index (χ0) is 15.7. The molecule has 2 aromatic heterocycles. The fourth-order valence-corrected chi connectivity index (χ4v) is 3.33. The van der Waals surface area contributed by atoms with Crippen molar-refractivity contribution < 1.29 is 9.50 Å². The van der Waals surface area contributed by atoms with Crippen molar-refractivity contribution in [3.05, 3.63) is 41.2 Å². The lowest BCUT2D eigenvalue weighted by molar-refractivity contribution is 0.0854. The van der Waals surface area contributed by atoms with Gasteiger partial charge >= 0.3 is 0 Å². The second kappa shape index (κ2) is 6.22. The number of halogens is 2. The van der Waals surface area contributed by atoms with E-state index in [9.17, 15) is 9.50 Å². The minimum Gasteiger partial charge on any atom is -0.387 e. The molecule has 1 fully saturated rings. The Bertz CT molecular complexity index is 634. The third-order valence-electron chi connectivity index (χ3n) is 4.29. The van der Waals surface area contributed by atoms with Crippen molar-refractivity contribution in [1.82, 2.24) is 14.8 Å². The van der Waals surface area contributed by atoms with Crippen molar-refractivity contribution in [2.75, 3.05) is 18.0 Å². The van der Waals surface area contributed by atoms with Crippen LogP contribution in [-0.4, -0.2) is 33.0 Å². The van der Waals surface area contributed by atoms with Crippen LogP contribution in [0.25, 0.3) is 0 Å². The van der Waals surface area contributed by atoms with Gasteiger partial charge in [-0.3, -0.25) is 9.67 Å². The van der Waals surface area contributed by atoms with Gasteiger partial charge in [0.1, 0.15) is 0 Å². The molecule has 5 nitrogen and oxygen atoms in total. The van der Waals surface area contributed by atoms with E-state index in [2.05, 4.69) is 10.1 Å². The Balaban J connectivity index is 1.69. The summed E-state index contributed by atoms with van der Waals surface area (Å²) in [6.07, 6.45) is 5.30. The zero-order valence-corrected chi connectivity index (χ0v) is 13.0. The van der Waals surface area contributed by atoms with Crippen LogP contribution in [0, 0.1) is 11.7 Å². The summed E-state index contributed by atoms with van der Waals surface area (Å²) < 4.78 is 15.6. The number of aliphatic hydroxyl groups is 1. The Morgan fingerprint density at radius 1 is 1.36 bits per heavy atom. The Morgan fingerprint density at radius 2 is 2.09 bits per heavy atom. The molecule has 0 amide bonds. The number of rotatable bonds is 3. The van der Waals surface area contributed by atoms with Crippen LogP contribution in [0.5, 0.6) is 0 Å². The lowest BCUT2D eigenvalue weighted by Gasteiger charge is -2.36. The van der Waals surface area contributed by atoms with Gasteiger partial charge in [-0.2, -0.15) is 5.10 Å². The van der Waals surface area contributed by atoms with Gasteiger partial charge in [-0.05, 0) is 24.8 Å². The van der Waals surface area contributed by atoms with Crippen LogP contribution in [-0.2, 0) is 7.05 Å². The molecule has 1 aliphatic rings. The number of hydrogen-bond acceptors (Lipinski definition) is 4. The highest BCUT2D eigenvalue weighted by molar-refractivity contribution is 6.33. The van der Waals surface area contributed by atoms with Crippen LogP contribution in [0.2, 0.25) is 5.02 Å². The predicted molar refractivity (Wildman–Crippen MR) is 82.3 cm³/mol. The van der Waals surface area contributed by atoms with Gasteiger partial charge in [-0.25, -0.2) is 4.39 Å². The molecule has 0 saturated carbocycles. The summed E-state index contributed by atoms with van der Waals surface area (Å²) in [6.45, 7) is 1.31. The van der Waals surface area contributed by atoms with Crippen molar-refractivity contribution >= 4 is 17.3 Å². The fourth-order valence-electron chi connectivity index (χ4n) is 3.06. The molecule has 1 unspecified atom stereocenters. The van der Waals surface area contributed by atoms with Crippen LogP contribution in [0.3, 0.4) is 0 Å². The molecule has 7 heteroatoms. The molecule has 1 aliphatic heterocycles. The van der Waals surface area contributed by atoms with E-state index >= 15 is 0 Å². The zero-order valence-electron chi connectivity index (χ0n) is 12.3. The quantitative estimate of drug-likeness (QED) is 0.942. The summed E-state index contributed by atoms with van der Waals surface area (Å²) in [7, 11) is 1.82. The molecule has 118 valence electrons. The first-order valence-corrected chi connectivity index (χ1v) is 7.65. The molecule has 0 aliphatic carbocycles. The van der Waals surface area contributed by atoms with E-state index in [0.717, 1.165) is 18.5 Å². The van der Waals surface area contributed by atoms with Crippen molar-refractivity contribution in [1.29, 1.82) is 0 Å². The average molecular weight is 325 g/mol. The topological polar surface area (TPSA) is 54.2 Å². The second-order valence-electron chi connectivity index (χ2n) is 5.60. The predicted octanol–water partition coefficient (Wildman–Crippen LogP) is 2.56. The van der Waals surface area contributed by atoms with E-state index in [1.54, 1.807) is 10.9 Å². The van der Waals surface area contributed by atoms with E-state index in [1.807, 2.05) is 18.0 Å². The number of aryl methyl sites for hydroxylation is 1. The minimum atomic E-state index is -0.549. The highest BCUT2D eigenvalue weighted by Gasteiger charge is 2.29. The minimum absolute atomic E-state index is 0.135. The van der Waals surface area contributed by atoms with E-state index in [4.69, 9.17) is 11.6 Å². The van der Waals surface area contributed by atoms with Gasteiger partial charge in [0, 0.05) is 32.5 Å². The summed E-state index contributed by atoms with van der Waals surface area (Å²) in [5.74, 6) is -0.270. The van der Waals surface area contributed by atoms with E-state index in [0.29, 0.717) is 23.8 Å². The van der Waals surface area contributed by atoms with Gasteiger partial charge in [0.15, 0.2) is 5.82 Å². The van der Waals surface area contributed by atoms with Gasteiger partial charge in [0.25, 0.3) is 0 Å². The molecule has 0 bridgehead atoms. The summed E-state index contributed by atoms with van der Waals surface area (Å²) in [5, 5.41) is 14.9. The molecule has 3 heterocycles. The van der Waals surface area contributed by atoms with Gasteiger partial charge in [0.2, 0.25) is 0 Å². The number of anilines is 1. The third-order valence-corrected chi connectivity index (χ3v) is 4.57. The molecule has 1 saturated heterocycles. The number of aliphatic hydroxyl groups excluding tert-OH is 1. The Labute approximate surface area is 133 Å². The molecular formula is C15H18ClFN4O. The maximum atomic E-state index is 13.9. The van der Waals surface area contributed by atoms with E-state index in [1.165, 1.54) is 12.4 Å². The van der Waals surface area contributed by atoms with Crippen LogP contribution < -0.4 is 4.90 Å². The normalized spacial score (nSPS) is 17.7. The number of nitrogens with zero attached hydrogens (tertiary/aromatic N) is 4. The van der Waals surface area contributed by atoms with Gasteiger partial charge in [-0.1, -0.05) is 11.6 Å². The standard InChI is InChI=1S/C15H18ClFN4O/c1-20-13(2-5-19-20)15(22)10-3-6-21(7-4-10)14-11(16)8-18-9-12(14)17/h2,5,8-10,15,22H,3-4,6-7H2,1H3. The molecule has 1 N–H and O–H groups in total. The SMILES string of the molecule is Cn1nccc1C(O)C1CCN(c2c(F)cncc2Cl)CC1. The van der Waals surface area contributed by atoms with Crippen molar-refractivity contribution in [2.24, 2.45) is 13.0 Å². The molecule has 0 radical (unpaired) electrons. The third kappa shape index (κ3) is 2.80. The average Bonchev–Trinajstić information content (AvgIpc) is 2.93. The fraction of sp³-hybridized carbons (Fsp3) is 0.467. The van der Waals surface area contributed by atoms with E-state index in [-0.39, 0.29) is 5.92 Å². The maximum Gasteiger partial charge on any atom is 0.166 e. The molecule has 0 spiro atoms. The van der Waals surface area contributed by atoms with Crippen molar-refractivity contribution in [3.8, 4) is 0 Å². The van der Waals surface area contributed by atoms with Crippen molar-refractivity contribution in [3.63, 3.8) is 0 Å². The van der Waals surface area contributed by atoms with Gasteiger partial charge in [-0.15, -0.1) is 0 Å². The summed E-state index contributed by atoms with van der Waals surface area (Å²) >= 11 is 6.06. The lowest BCUT2D eigenvalue weighted by Crippen LogP contribution is -2.36. The van der Waals surface area contributed by atoms with Crippen LogP contribution in [0.1, 0.15) is 24.6 Å². The summed E-state index contributed by atoms with van der Waals surface area (Å²) in [5.41, 5.74) is 1.22. The van der Waals surface area contributed by atoms with Crippen LogP contribution in [0.15, 0.2) is 24.7 Å². The Hall–Kier alpha value is -1.66. The van der Waals surface area contributed by atoms with Gasteiger partial charge < -0.3 is 10.0 Å². The van der Waals surface area contributed by atoms with E-state index < -0.39 is 11.9 Å². The smallest absolute Gasteiger partial charge is 0.166 e. The first-order chi connectivity index (χ1) is 10.6. The molecular weight excluding hydrogens is 307 g/mol. The number of hydrogen-bond donors (Lipinski definition) is 1. The lowest BCUT2D eigenvalue weighted by atomic mass is 9.89. The number of pyridine rings is 1. The molecule has 1 atom stereocenters. The van der Waals surface area contributed by atoms with Crippen molar-refractivity contribution in [2.45, 2.75) is 18.9 Å². The highest BCUT2D eigenvalue weighted by Crippen LogP contribution is 2.35. The molecule has 3 rings (SSSR count). The Morgan fingerprint density at radius 3 is 2.68 bits per heavy atom. The molecule has 2 aromatic rings. The molecule has 0 aromatic carbocycles. The summed E-state index contributed by atoms with van der Waals surface area (Å²) in [6, 6.07) is 1.83. The van der Waals surface area contributed by atoms with Crippen LogP contribution in [0.4, 0.5) is 10.1 Å². The maximum absolute atomic E-state index is 13.9. The first-order valence-electron chi connectivity index (χ1n) is 7.28. The Kier molecular flexibility index (Phi) is 4.31.